The van der Waals surface area contributed by atoms with Gasteiger partial charge in [0.2, 0.25) is 0 Å². The monoisotopic (exact) mass is 282 g/mol. The fraction of sp³-hybridized carbons (Fsp3) is 0.733. The standard InChI is InChI=1S/C15H26N2OS/c1-5-13-9-18-11(3)8-17(13)14(12(4)16)15-10(2)6-7-19-15/h6-7,11-14H,5,8-9,16H2,1-4H3. The summed E-state index contributed by atoms with van der Waals surface area (Å²) in [4.78, 5) is 3.99. The number of aryl methyl sites for hydroxylation is 1. The van der Waals surface area contributed by atoms with E-state index in [1.54, 1.807) is 0 Å². The van der Waals surface area contributed by atoms with Crippen molar-refractivity contribution in [3.05, 3.63) is 21.9 Å². The van der Waals surface area contributed by atoms with Crippen molar-refractivity contribution in [1.29, 1.82) is 0 Å². The molecular weight excluding hydrogens is 256 g/mol. The van der Waals surface area contributed by atoms with Crippen LogP contribution in [0.1, 0.15) is 43.7 Å². The third kappa shape index (κ3) is 3.19. The van der Waals surface area contributed by atoms with Crippen molar-refractivity contribution in [3.8, 4) is 0 Å². The van der Waals surface area contributed by atoms with Gasteiger partial charge in [-0.25, -0.2) is 0 Å². The van der Waals surface area contributed by atoms with Gasteiger partial charge in [-0.15, -0.1) is 11.3 Å². The summed E-state index contributed by atoms with van der Waals surface area (Å²) in [7, 11) is 0. The van der Waals surface area contributed by atoms with E-state index in [2.05, 4.69) is 44.0 Å². The maximum absolute atomic E-state index is 6.31. The summed E-state index contributed by atoms with van der Waals surface area (Å²) in [5, 5.41) is 2.17. The Kier molecular flexibility index (Phi) is 5.01. The Morgan fingerprint density at radius 1 is 1.58 bits per heavy atom. The smallest absolute Gasteiger partial charge is 0.0675 e. The van der Waals surface area contributed by atoms with Crippen LogP contribution in [0.25, 0.3) is 0 Å². The van der Waals surface area contributed by atoms with E-state index in [4.69, 9.17) is 10.5 Å². The van der Waals surface area contributed by atoms with Crippen LogP contribution in [0.15, 0.2) is 11.4 Å². The predicted molar refractivity (Wildman–Crippen MR) is 81.6 cm³/mol. The number of hydrogen-bond donors (Lipinski definition) is 1. The van der Waals surface area contributed by atoms with Crippen LogP contribution in [0.4, 0.5) is 0 Å². The summed E-state index contributed by atoms with van der Waals surface area (Å²) in [5.41, 5.74) is 7.68. The molecule has 2 rings (SSSR count). The third-order valence-electron chi connectivity index (χ3n) is 4.01. The lowest BCUT2D eigenvalue weighted by Gasteiger charge is -2.44. The molecule has 0 bridgehead atoms. The second-order valence-corrected chi connectivity index (χ2v) is 6.62. The molecule has 4 heteroatoms. The fourth-order valence-electron chi connectivity index (χ4n) is 2.94. The van der Waals surface area contributed by atoms with Gasteiger partial charge in [-0.1, -0.05) is 6.92 Å². The summed E-state index contributed by atoms with van der Waals surface area (Å²) in [5.74, 6) is 0. The number of thiophene rings is 1. The topological polar surface area (TPSA) is 38.5 Å². The average Bonchev–Trinajstić information content (AvgIpc) is 2.76. The highest BCUT2D eigenvalue weighted by Gasteiger charge is 2.35. The van der Waals surface area contributed by atoms with Crippen LogP contribution < -0.4 is 5.73 Å². The van der Waals surface area contributed by atoms with E-state index in [1.807, 2.05) is 11.3 Å². The maximum atomic E-state index is 6.31. The van der Waals surface area contributed by atoms with Crippen molar-refractivity contribution in [1.82, 2.24) is 4.90 Å². The molecule has 4 atom stereocenters. The molecule has 1 saturated heterocycles. The predicted octanol–water partition coefficient (Wildman–Crippen LogP) is 2.94. The first-order chi connectivity index (χ1) is 9.04. The van der Waals surface area contributed by atoms with Crippen LogP contribution in [0, 0.1) is 6.92 Å². The van der Waals surface area contributed by atoms with Crippen molar-refractivity contribution in [3.63, 3.8) is 0 Å². The molecule has 108 valence electrons. The molecule has 0 spiro atoms. The van der Waals surface area contributed by atoms with E-state index in [0.717, 1.165) is 19.6 Å². The molecule has 0 amide bonds. The summed E-state index contributed by atoms with van der Waals surface area (Å²) in [6, 6.07) is 3.13. The average molecular weight is 282 g/mol. The van der Waals surface area contributed by atoms with Crippen molar-refractivity contribution in [2.75, 3.05) is 13.2 Å². The first kappa shape index (κ1) is 15.0. The van der Waals surface area contributed by atoms with Crippen molar-refractivity contribution in [2.24, 2.45) is 5.73 Å². The van der Waals surface area contributed by atoms with E-state index in [9.17, 15) is 0 Å². The second-order valence-electron chi connectivity index (χ2n) is 5.67. The molecule has 1 aliphatic rings. The van der Waals surface area contributed by atoms with Crippen molar-refractivity contribution >= 4 is 11.3 Å². The van der Waals surface area contributed by atoms with E-state index in [0.29, 0.717) is 18.2 Å². The molecule has 0 aromatic carbocycles. The molecule has 1 fully saturated rings. The van der Waals surface area contributed by atoms with Crippen LogP contribution in [0.3, 0.4) is 0 Å². The Morgan fingerprint density at radius 3 is 2.84 bits per heavy atom. The molecule has 1 aromatic heterocycles. The summed E-state index contributed by atoms with van der Waals surface area (Å²) in [6.45, 7) is 10.5. The zero-order chi connectivity index (χ0) is 14.0. The zero-order valence-electron chi connectivity index (χ0n) is 12.4. The van der Waals surface area contributed by atoms with Gasteiger partial charge in [-0.3, -0.25) is 4.90 Å². The molecule has 1 aromatic rings. The zero-order valence-corrected chi connectivity index (χ0v) is 13.2. The highest BCUT2D eigenvalue weighted by atomic mass is 32.1. The Bertz CT molecular complexity index is 405. The second kappa shape index (κ2) is 6.35. The number of ether oxygens (including phenoxy) is 1. The lowest BCUT2D eigenvalue weighted by Crippen LogP contribution is -2.53. The Morgan fingerprint density at radius 2 is 2.32 bits per heavy atom. The van der Waals surface area contributed by atoms with Gasteiger partial charge in [-0.2, -0.15) is 0 Å². The first-order valence-electron chi connectivity index (χ1n) is 7.21. The van der Waals surface area contributed by atoms with Gasteiger partial charge in [0, 0.05) is 23.5 Å². The van der Waals surface area contributed by atoms with E-state index in [1.165, 1.54) is 10.4 Å². The minimum Gasteiger partial charge on any atom is -0.376 e. The van der Waals surface area contributed by atoms with Crippen LogP contribution in [0.2, 0.25) is 0 Å². The quantitative estimate of drug-likeness (QED) is 0.923. The van der Waals surface area contributed by atoms with Crippen LogP contribution in [-0.2, 0) is 4.74 Å². The molecule has 3 nitrogen and oxygen atoms in total. The third-order valence-corrected chi connectivity index (χ3v) is 5.10. The number of nitrogens with two attached hydrogens (primary N) is 1. The SMILES string of the molecule is CCC1COC(C)CN1C(c1sccc1C)C(C)N. The minimum absolute atomic E-state index is 0.136. The van der Waals surface area contributed by atoms with Gasteiger partial charge in [0.05, 0.1) is 18.8 Å². The van der Waals surface area contributed by atoms with Gasteiger partial charge < -0.3 is 10.5 Å². The number of morpholine rings is 1. The molecule has 1 aliphatic heterocycles. The molecule has 2 heterocycles. The molecule has 0 saturated carbocycles. The lowest BCUT2D eigenvalue weighted by molar-refractivity contribution is -0.0757. The Hall–Kier alpha value is -0.420. The normalized spacial score (nSPS) is 28.3. The number of rotatable bonds is 4. The largest absolute Gasteiger partial charge is 0.376 e. The first-order valence-corrected chi connectivity index (χ1v) is 8.09. The lowest BCUT2D eigenvalue weighted by atomic mass is 9.99. The molecule has 0 aliphatic carbocycles. The molecule has 19 heavy (non-hydrogen) atoms. The molecular formula is C15H26N2OS. The highest BCUT2D eigenvalue weighted by Crippen LogP contribution is 2.34. The minimum atomic E-state index is 0.136. The maximum Gasteiger partial charge on any atom is 0.0675 e. The van der Waals surface area contributed by atoms with Gasteiger partial charge >= 0.3 is 0 Å². The van der Waals surface area contributed by atoms with Crippen LogP contribution in [0.5, 0.6) is 0 Å². The fourth-order valence-corrected chi connectivity index (χ4v) is 4.10. The number of nitrogens with zero attached hydrogens (tertiary/aromatic N) is 1. The van der Waals surface area contributed by atoms with Crippen molar-refractivity contribution < 1.29 is 4.74 Å². The molecule has 2 N–H and O–H groups in total. The van der Waals surface area contributed by atoms with Crippen molar-refractivity contribution in [2.45, 2.75) is 58.3 Å². The van der Waals surface area contributed by atoms with Crippen LogP contribution in [-0.4, -0.2) is 36.2 Å². The van der Waals surface area contributed by atoms with E-state index in [-0.39, 0.29) is 6.04 Å². The Labute approximate surface area is 120 Å². The van der Waals surface area contributed by atoms with Gasteiger partial charge in [0.25, 0.3) is 0 Å². The van der Waals surface area contributed by atoms with Gasteiger partial charge in [0.1, 0.15) is 0 Å². The molecule has 4 unspecified atom stereocenters. The van der Waals surface area contributed by atoms with E-state index >= 15 is 0 Å². The number of hydrogen-bond acceptors (Lipinski definition) is 4. The molecule has 0 radical (unpaired) electrons. The van der Waals surface area contributed by atoms with Crippen LogP contribution >= 0.6 is 11.3 Å². The summed E-state index contributed by atoms with van der Waals surface area (Å²) < 4.78 is 5.81. The summed E-state index contributed by atoms with van der Waals surface area (Å²) in [6.07, 6.45) is 1.41. The van der Waals surface area contributed by atoms with Gasteiger partial charge in [-0.05, 0) is 44.2 Å². The Balaban J connectivity index is 2.29. The highest BCUT2D eigenvalue weighted by molar-refractivity contribution is 7.10. The summed E-state index contributed by atoms with van der Waals surface area (Å²) >= 11 is 1.83. The van der Waals surface area contributed by atoms with Gasteiger partial charge in [0.15, 0.2) is 0 Å². The van der Waals surface area contributed by atoms with E-state index < -0.39 is 0 Å².